The van der Waals surface area contributed by atoms with E-state index in [1.165, 1.54) is 5.56 Å². The maximum Gasteiger partial charge on any atom is 0.261 e. The quantitative estimate of drug-likeness (QED) is 0.483. The Morgan fingerprint density at radius 1 is 0.947 bits per heavy atom. The molecule has 38 heavy (non-hydrogen) atoms. The van der Waals surface area contributed by atoms with Crippen molar-refractivity contribution in [2.45, 2.75) is 38.3 Å². The van der Waals surface area contributed by atoms with Crippen molar-refractivity contribution in [3.8, 4) is 0 Å². The Bertz CT molecular complexity index is 1300. The van der Waals surface area contributed by atoms with Crippen molar-refractivity contribution >= 4 is 17.5 Å². The van der Waals surface area contributed by atoms with Gasteiger partial charge in [0.15, 0.2) is 5.60 Å². The van der Waals surface area contributed by atoms with E-state index < -0.39 is 5.60 Å². The number of carbonyl (C=O) groups is 2. The summed E-state index contributed by atoms with van der Waals surface area (Å²) in [6.07, 6.45) is 4.89. The molecule has 196 valence electrons. The van der Waals surface area contributed by atoms with Gasteiger partial charge in [0.25, 0.3) is 11.8 Å². The third kappa shape index (κ3) is 5.81. The predicted molar refractivity (Wildman–Crippen MR) is 149 cm³/mol. The van der Waals surface area contributed by atoms with E-state index in [4.69, 9.17) is 4.84 Å². The SMILES string of the molecule is CN(Cc1ccccc1)C(=O)C1(C)C=C(c2cccc(C(=O)N3CCC(Cc4ccccc4)CC3)c2)NO1. The highest BCUT2D eigenvalue weighted by molar-refractivity contribution is 5.95. The highest BCUT2D eigenvalue weighted by atomic mass is 16.7. The van der Waals surface area contributed by atoms with Crippen LogP contribution in [0.4, 0.5) is 0 Å². The van der Waals surface area contributed by atoms with E-state index in [9.17, 15) is 9.59 Å². The second-order valence-electron chi connectivity index (χ2n) is 10.5. The molecule has 6 heteroatoms. The molecule has 0 saturated carbocycles. The Morgan fingerprint density at radius 2 is 1.61 bits per heavy atom. The number of hydroxylamine groups is 1. The number of nitrogens with zero attached hydrogens (tertiary/aromatic N) is 2. The number of likely N-dealkylation sites (N-methyl/N-ethyl adjacent to an activating group) is 1. The second-order valence-corrected chi connectivity index (χ2v) is 10.5. The van der Waals surface area contributed by atoms with E-state index in [0.29, 0.717) is 23.7 Å². The third-order valence-corrected chi connectivity index (χ3v) is 7.52. The van der Waals surface area contributed by atoms with Crippen LogP contribution in [-0.4, -0.2) is 47.4 Å². The predicted octanol–water partition coefficient (Wildman–Crippen LogP) is 5.07. The van der Waals surface area contributed by atoms with E-state index in [0.717, 1.165) is 43.5 Å². The van der Waals surface area contributed by atoms with Gasteiger partial charge in [-0.2, -0.15) is 0 Å². The summed E-state index contributed by atoms with van der Waals surface area (Å²) in [7, 11) is 1.78. The number of amides is 2. The van der Waals surface area contributed by atoms with Crippen molar-refractivity contribution in [2.75, 3.05) is 20.1 Å². The molecule has 2 heterocycles. The topological polar surface area (TPSA) is 61.9 Å². The minimum Gasteiger partial charge on any atom is -0.339 e. The van der Waals surface area contributed by atoms with Crippen LogP contribution in [0.5, 0.6) is 0 Å². The fourth-order valence-electron chi connectivity index (χ4n) is 5.34. The fraction of sp³-hybridized carbons (Fsp3) is 0.312. The summed E-state index contributed by atoms with van der Waals surface area (Å²) in [5.74, 6) is 0.508. The van der Waals surface area contributed by atoms with E-state index >= 15 is 0 Å². The van der Waals surface area contributed by atoms with Gasteiger partial charge < -0.3 is 9.80 Å². The van der Waals surface area contributed by atoms with Gasteiger partial charge in [-0.3, -0.25) is 19.9 Å². The molecular weight excluding hydrogens is 474 g/mol. The lowest BCUT2D eigenvalue weighted by Crippen LogP contribution is -2.45. The summed E-state index contributed by atoms with van der Waals surface area (Å²) in [4.78, 5) is 36.0. The van der Waals surface area contributed by atoms with Crippen LogP contribution in [0.1, 0.15) is 46.8 Å². The van der Waals surface area contributed by atoms with Gasteiger partial charge in [-0.1, -0.05) is 72.8 Å². The van der Waals surface area contributed by atoms with E-state index in [1.54, 1.807) is 24.9 Å². The van der Waals surface area contributed by atoms with Crippen molar-refractivity contribution in [1.82, 2.24) is 15.3 Å². The molecule has 2 aliphatic heterocycles. The molecule has 6 nitrogen and oxygen atoms in total. The summed E-state index contributed by atoms with van der Waals surface area (Å²) >= 11 is 0. The van der Waals surface area contributed by atoms with E-state index in [2.05, 4.69) is 29.7 Å². The fourth-order valence-corrected chi connectivity index (χ4v) is 5.34. The smallest absolute Gasteiger partial charge is 0.261 e. The molecule has 1 atom stereocenters. The van der Waals surface area contributed by atoms with Crippen LogP contribution in [0.25, 0.3) is 5.70 Å². The van der Waals surface area contributed by atoms with Crippen molar-refractivity contribution in [2.24, 2.45) is 5.92 Å². The largest absolute Gasteiger partial charge is 0.339 e. The number of rotatable bonds is 7. The molecule has 1 N–H and O–H groups in total. The molecule has 0 radical (unpaired) electrons. The lowest BCUT2D eigenvalue weighted by molar-refractivity contribution is -0.152. The van der Waals surface area contributed by atoms with Gasteiger partial charge in [0.1, 0.15) is 0 Å². The molecule has 0 aromatic heterocycles. The zero-order valence-corrected chi connectivity index (χ0v) is 22.1. The van der Waals surface area contributed by atoms with Crippen LogP contribution in [-0.2, 0) is 22.6 Å². The maximum absolute atomic E-state index is 13.3. The van der Waals surface area contributed by atoms with Gasteiger partial charge in [-0.25, -0.2) is 0 Å². The second kappa shape index (κ2) is 11.2. The monoisotopic (exact) mass is 509 g/mol. The highest BCUT2D eigenvalue weighted by Gasteiger charge is 2.40. The Kier molecular flexibility index (Phi) is 7.61. The Morgan fingerprint density at radius 3 is 2.29 bits per heavy atom. The summed E-state index contributed by atoms with van der Waals surface area (Å²) in [5, 5.41) is 0. The third-order valence-electron chi connectivity index (χ3n) is 7.52. The molecular formula is C32H35N3O3. The summed E-state index contributed by atoms with van der Waals surface area (Å²) in [6.45, 7) is 3.79. The van der Waals surface area contributed by atoms with Crippen LogP contribution in [0.3, 0.4) is 0 Å². The Balaban J connectivity index is 1.22. The molecule has 1 saturated heterocycles. The molecule has 2 amide bonds. The normalized spacial score (nSPS) is 19.5. The van der Waals surface area contributed by atoms with Crippen LogP contribution < -0.4 is 5.48 Å². The molecule has 0 aliphatic carbocycles. The number of piperidine rings is 1. The molecule has 3 aromatic rings. The highest BCUT2D eigenvalue weighted by Crippen LogP contribution is 2.29. The number of likely N-dealkylation sites (tertiary alicyclic amines) is 1. The van der Waals surface area contributed by atoms with Gasteiger partial charge in [0.05, 0.1) is 5.70 Å². The van der Waals surface area contributed by atoms with Crippen LogP contribution in [0.2, 0.25) is 0 Å². The first kappa shape index (κ1) is 25.7. The van der Waals surface area contributed by atoms with Crippen LogP contribution >= 0.6 is 0 Å². The summed E-state index contributed by atoms with van der Waals surface area (Å²) < 4.78 is 0. The van der Waals surface area contributed by atoms with Crippen molar-refractivity contribution in [1.29, 1.82) is 0 Å². The molecule has 1 fully saturated rings. The zero-order chi connectivity index (χ0) is 26.5. The minimum absolute atomic E-state index is 0.0472. The summed E-state index contributed by atoms with van der Waals surface area (Å²) in [6, 6.07) is 28.0. The molecule has 1 unspecified atom stereocenters. The number of benzene rings is 3. The average molecular weight is 510 g/mol. The maximum atomic E-state index is 13.3. The van der Waals surface area contributed by atoms with E-state index in [-0.39, 0.29) is 11.8 Å². The number of carbonyl (C=O) groups excluding carboxylic acids is 2. The van der Waals surface area contributed by atoms with Gasteiger partial charge in [-0.05, 0) is 61.4 Å². The first-order valence-electron chi connectivity index (χ1n) is 13.3. The lowest BCUT2D eigenvalue weighted by Gasteiger charge is -2.32. The van der Waals surface area contributed by atoms with Gasteiger partial charge in [0.2, 0.25) is 0 Å². The number of hydrogen-bond donors (Lipinski definition) is 1. The van der Waals surface area contributed by atoms with Gasteiger partial charge >= 0.3 is 0 Å². The molecule has 5 rings (SSSR count). The van der Waals surface area contributed by atoms with Gasteiger partial charge in [-0.15, -0.1) is 0 Å². The summed E-state index contributed by atoms with van der Waals surface area (Å²) in [5.41, 5.74) is 6.35. The first-order valence-corrected chi connectivity index (χ1v) is 13.3. The van der Waals surface area contributed by atoms with Crippen molar-refractivity contribution in [3.05, 3.63) is 113 Å². The standard InChI is InChI=1S/C32H35N3O3/c1-32(31(37)34(2)23-26-12-7-4-8-13-26)22-29(33-38-32)27-14-9-15-28(21-27)30(36)35-18-16-25(17-19-35)20-24-10-5-3-6-11-24/h3-15,21-22,25,33H,16-20,23H2,1-2H3. The average Bonchev–Trinajstić information content (AvgIpc) is 3.37. The Labute approximate surface area is 224 Å². The minimum atomic E-state index is -1.14. The van der Waals surface area contributed by atoms with Crippen molar-refractivity contribution in [3.63, 3.8) is 0 Å². The van der Waals surface area contributed by atoms with E-state index in [1.807, 2.05) is 65.6 Å². The Hall–Kier alpha value is -3.90. The zero-order valence-electron chi connectivity index (χ0n) is 22.1. The molecule has 3 aromatic carbocycles. The van der Waals surface area contributed by atoms with Crippen LogP contribution in [0, 0.1) is 5.92 Å². The molecule has 0 spiro atoms. The molecule has 2 aliphatic rings. The number of hydrogen-bond acceptors (Lipinski definition) is 4. The van der Waals surface area contributed by atoms with Crippen LogP contribution in [0.15, 0.2) is 91.0 Å². The molecule has 0 bridgehead atoms. The number of nitrogens with one attached hydrogen (secondary N) is 1. The first-order chi connectivity index (χ1) is 18.4. The lowest BCUT2D eigenvalue weighted by atomic mass is 9.90. The van der Waals surface area contributed by atoms with Gasteiger partial charge in [0, 0.05) is 37.8 Å². The van der Waals surface area contributed by atoms with Crippen molar-refractivity contribution < 1.29 is 14.4 Å².